The summed E-state index contributed by atoms with van der Waals surface area (Å²) in [6.45, 7) is 2.05. The number of carbonyl (C=O) groups is 1. The monoisotopic (exact) mass is 341 g/mol. The average Bonchev–Trinajstić information content (AvgIpc) is 2.87. The fraction of sp³-hybridized carbons (Fsp3) is 0.600. The van der Waals surface area contributed by atoms with Gasteiger partial charge in [-0.25, -0.2) is 0 Å². The van der Waals surface area contributed by atoms with Crippen LogP contribution in [-0.4, -0.2) is 28.9 Å². The lowest BCUT2D eigenvalue weighted by Crippen LogP contribution is -2.47. The number of aromatic nitrogens is 2. The van der Waals surface area contributed by atoms with E-state index >= 15 is 0 Å². The molecule has 25 heavy (non-hydrogen) atoms. The number of rotatable bonds is 3. The summed E-state index contributed by atoms with van der Waals surface area (Å²) in [6.07, 6.45) is 6.71. The lowest BCUT2D eigenvalue weighted by molar-refractivity contribution is -0.148. The first kappa shape index (κ1) is 16.4. The van der Waals surface area contributed by atoms with E-state index in [0.29, 0.717) is 11.5 Å². The largest absolute Gasteiger partial charge is 0.469 e. The predicted molar refractivity (Wildman–Crippen MR) is 98.5 cm³/mol. The Morgan fingerprint density at radius 3 is 2.72 bits per heavy atom. The first-order chi connectivity index (χ1) is 12.0. The highest BCUT2D eigenvalue weighted by Gasteiger charge is 2.47. The van der Waals surface area contributed by atoms with Crippen molar-refractivity contribution in [1.82, 2.24) is 9.78 Å². The van der Waals surface area contributed by atoms with Gasteiger partial charge in [0.1, 0.15) is 0 Å². The lowest BCUT2D eigenvalue weighted by Gasteiger charge is -2.51. The maximum Gasteiger partial charge on any atom is 0.308 e. The molecule has 1 heterocycles. The summed E-state index contributed by atoms with van der Waals surface area (Å²) < 4.78 is 6.85. The minimum atomic E-state index is -0.0244. The number of fused-ring (bicyclic) bond motifs is 1. The number of hydrogen-bond acceptors (Lipinski definition) is 4. The number of hydrogen-bond donors (Lipinski definition) is 1. The van der Waals surface area contributed by atoms with E-state index in [9.17, 15) is 4.79 Å². The molecule has 2 aliphatic carbocycles. The number of benzene rings is 1. The van der Waals surface area contributed by atoms with Crippen molar-refractivity contribution in [3.63, 3.8) is 0 Å². The molecule has 4 rings (SSSR count). The number of anilines is 1. The lowest BCUT2D eigenvalue weighted by atomic mass is 9.57. The third kappa shape index (κ3) is 2.90. The molecule has 1 N–H and O–H groups in total. The van der Waals surface area contributed by atoms with Gasteiger partial charge in [0, 0.05) is 24.2 Å². The van der Waals surface area contributed by atoms with Crippen molar-refractivity contribution in [2.24, 2.45) is 18.4 Å². The Hall–Kier alpha value is -2.04. The van der Waals surface area contributed by atoms with Crippen molar-refractivity contribution in [2.45, 2.75) is 51.5 Å². The van der Waals surface area contributed by atoms with Crippen LogP contribution >= 0.6 is 0 Å². The molecule has 1 aromatic heterocycles. The third-order valence-electron chi connectivity index (χ3n) is 6.35. The zero-order chi connectivity index (χ0) is 17.6. The van der Waals surface area contributed by atoms with Gasteiger partial charge in [0.2, 0.25) is 0 Å². The van der Waals surface area contributed by atoms with E-state index in [0.717, 1.165) is 31.4 Å². The van der Waals surface area contributed by atoms with E-state index in [2.05, 4.69) is 35.5 Å². The van der Waals surface area contributed by atoms with Gasteiger partial charge in [0.15, 0.2) is 0 Å². The van der Waals surface area contributed by atoms with Crippen molar-refractivity contribution >= 4 is 22.6 Å². The van der Waals surface area contributed by atoms with Crippen LogP contribution in [0.15, 0.2) is 18.2 Å². The van der Waals surface area contributed by atoms with Gasteiger partial charge >= 0.3 is 5.97 Å². The Morgan fingerprint density at radius 2 is 2.04 bits per heavy atom. The highest BCUT2D eigenvalue weighted by atomic mass is 16.5. The van der Waals surface area contributed by atoms with Crippen LogP contribution < -0.4 is 5.32 Å². The van der Waals surface area contributed by atoms with E-state index in [1.807, 2.05) is 11.7 Å². The van der Waals surface area contributed by atoms with Crippen LogP contribution in [0.3, 0.4) is 0 Å². The first-order valence-electron chi connectivity index (χ1n) is 9.27. The highest BCUT2D eigenvalue weighted by molar-refractivity contribution is 5.85. The Morgan fingerprint density at radius 1 is 1.32 bits per heavy atom. The molecule has 0 radical (unpaired) electrons. The number of methoxy groups -OCH3 is 1. The van der Waals surface area contributed by atoms with Gasteiger partial charge in [-0.15, -0.1) is 0 Å². The number of nitrogens with one attached hydrogen (secondary N) is 1. The molecule has 0 atom stereocenters. The van der Waals surface area contributed by atoms with Crippen molar-refractivity contribution < 1.29 is 9.53 Å². The molecular weight excluding hydrogens is 314 g/mol. The molecule has 1 spiro atoms. The fourth-order valence-corrected chi connectivity index (χ4v) is 4.89. The number of aryl methyl sites for hydroxylation is 2. The van der Waals surface area contributed by atoms with E-state index in [-0.39, 0.29) is 11.9 Å². The molecule has 2 fully saturated rings. The minimum absolute atomic E-state index is 0.0244. The molecule has 0 aliphatic heterocycles. The molecule has 0 unspecified atom stereocenters. The van der Waals surface area contributed by atoms with Gasteiger partial charge in [-0.05, 0) is 69.1 Å². The predicted octanol–water partition coefficient (Wildman–Crippen LogP) is 3.81. The van der Waals surface area contributed by atoms with E-state index in [1.54, 1.807) is 0 Å². The van der Waals surface area contributed by atoms with Gasteiger partial charge in [-0.2, -0.15) is 5.10 Å². The second kappa shape index (κ2) is 6.04. The van der Waals surface area contributed by atoms with Gasteiger partial charge in [0.25, 0.3) is 0 Å². The normalized spacial score (nSPS) is 28.8. The zero-order valence-corrected chi connectivity index (χ0v) is 15.3. The Kier molecular flexibility index (Phi) is 3.97. The van der Waals surface area contributed by atoms with Crippen LogP contribution in [0.1, 0.15) is 44.2 Å². The molecule has 0 amide bonds. The summed E-state index contributed by atoms with van der Waals surface area (Å²) in [5.41, 5.74) is 3.89. The quantitative estimate of drug-likeness (QED) is 0.863. The van der Waals surface area contributed by atoms with Crippen molar-refractivity contribution in [2.75, 3.05) is 12.4 Å². The fourth-order valence-electron chi connectivity index (χ4n) is 4.89. The van der Waals surface area contributed by atoms with E-state index < -0.39 is 0 Å². The molecule has 2 saturated carbocycles. The second-order valence-corrected chi connectivity index (χ2v) is 7.99. The summed E-state index contributed by atoms with van der Waals surface area (Å²) in [5, 5.41) is 9.40. The Balaban J connectivity index is 1.36. The van der Waals surface area contributed by atoms with Crippen LogP contribution in [0.25, 0.3) is 10.9 Å². The maximum atomic E-state index is 11.7. The number of ether oxygens (including phenoxy) is 1. The van der Waals surface area contributed by atoms with E-state index in [1.165, 1.54) is 36.5 Å². The van der Waals surface area contributed by atoms with E-state index in [4.69, 9.17) is 4.74 Å². The zero-order valence-electron chi connectivity index (χ0n) is 15.3. The highest BCUT2D eigenvalue weighted by Crippen LogP contribution is 2.53. The van der Waals surface area contributed by atoms with Crippen LogP contribution in [-0.2, 0) is 16.6 Å². The molecule has 134 valence electrons. The van der Waals surface area contributed by atoms with Crippen LogP contribution in [0.4, 0.5) is 5.69 Å². The Labute approximate surface area is 148 Å². The van der Waals surface area contributed by atoms with Gasteiger partial charge in [-0.1, -0.05) is 0 Å². The topological polar surface area (TPSA) is 56.1 Å². The van der Waals surface area contributed by atoms with Crippen LogP contribution in [0.5, 0.6) is 0 Å². The molecule has 5 heteroatoms. The molecule has 5 nitrogen and oxygen atoms in total. The standard InChI is InChI=1S/C20H27N3O2/c1-13-17-5-4-15(10-18(17)23(2)22-13)21-16-11-20(12-16)8-6-14(7-9-20)19(24)25-3/h4-5,10,14,16,21H,6-9,11-12H2,1-3H3. The summed E-state index contributed by atoms with van der Waals surface area (Å²) in [4.78, 5) is 11.7. The average molecular weight is 341 g/mol. The number of esters is 1. The summed E-state index contributed by atoms with van der Waals surface area (Å²) in [7, 11) is 3.49. The van der Waals surface area contributed by atoms with Gasteiger partial charge in [-0.3, -0.25) is 9.48 Å². The van der Waals surface area contributed by atoms with Crippen molar-refractivity contribution in [3.8, 4) is 0 Å². The van der Waals surface area contributed by atoms with Crippen molar-refractivity contribution in [1.29, 1.82) is 0 Å². The van der Waals surface area contributed by atoms with Gasteiger partial charge in [0.05, 0.1) is 24.2 Å². The first-order valence-corrected chi connectivity index (χ1v) is 9.27. The van der Waals surface area contributed by atoms with Crippen molar-refractivity contribution in [3.05, 3.63) is 23.9 Å². The molecule has 0 saturated heterocycles. The third-order valence-corrected chi connectivity index (χ3v) is 6.35. The summed E-state index contributed by atoms with van der Waals surface area (Å²) in [5.74, 6) is 0.0988. The SMILES string of the molecule is COC(=O)C1CCC2(CC1)CC(Nc1ccc3c(C)nn(C)c3c1)C2. The van der Waals surface area contributed by atoms with Gasteiger partial charge < -0.3 is 10.1 Å². The van der Waals surface area contributed by atoms with Crippen LogP contribution in [0, 0.1) is 18.3 Å². The second-order valence-electron chi connectivity index (χ2n) is 7.99. The van der Waals surface area contributed by atoms with Crippen LogP contribution in [0.2, 0.25) is 0 Å². The molecule has 1 aromatic carbocycles. The molecule has 0 bridgehead atoms. The molecule has 2 aliphatic rings. The maximum absolute atomic E-state index is 11.7. The minimum Gasteiger partial charge on any atom is -0.469 e. The summed E-state index contributed by atoms with van der Waals surface area (Å²) >= 11 is 0. The number of carbonyl (C=O) groups excluding carboxylic acids is 1. The smallest absolute Gasteiger partial charge is 0.308 e. The molecule has 2 aromatic rings. The molecular formula is C20H27N3O2. The Bertz CT molecular complexity index is 795. The number of nitrogens with zero attached hydrogens (tertiary/aromatic N) is 2. The summed E-state index contributed by atoms with van der Waals surface area (Å²) in [6, 6.07) is 7.07.